The Hall–Kier alpha value is -2.06. The molecule has 0 N–H and O–H groups in total. The molecule has 1 aliphatic rings. The SMILES string of the molecule is CCCN(CCn1cc2cc(B3OC(C)(C)C(C)(C)O3)ccc2n1)C(=O)OC(C)(C)C. The number of hydrogen-bond acceptors (Lipinski definition) is 5. The van der Waals surface area contributed by atoms with Gasteiger partial charge >= 0.3 is 13.2 Å². The van der Waals surface area contributed by atoms with E-state index in [2.05, 4.69) is 45.8 Å². The first-order valence-corrected chi connectivity index (χ1v) is 11.1. The summed E-state index contributed by atoms with van der Waals surface area (Å²) in [6.45, 7) is 17.7. The predicted molar refractivity (Wildman–Crippen MR) is 124 cm³/mol. The Kier molecular flexibility index (Phi) is 6.45. The predicted octanol–water partition coefficient (Wildman–Crippen LogP) is 3.98. The maximum atomic E-state index is 12.5. The van der Waals surface area contributed by atoms with Gasteiger partial charge in [-0.1, -0.05) is 19.1 Å². The Morgan fingerprint density at radius 1 is 1.16 bits per heavy atom. The van der Waals surface area contributed by atoms with Crippen molar-refractivity contribution in [3.05, 3.63) is 24.4 Å². The summed E-state index contributed by atoms with van der Waals surface area (Å²) in [6, 6.07) is 6.06. The highest BCUT2D eigenvalue weighted by Gasteiger charge is 2.51. The quantitative estimate of drug-likeness (QED) is 0.650. The zero-order chi connectivity index (χ0) is 23.0. The maximum Gasteiger partial charge on any atom is 0.494 e. The lowest BCUT2D eigenvalue weighted by Gasteiger charge is -2.32. The molecular weight excluding hydrogens is 393 g/mol. The van der Waals surface area contributed by atoms with Crippen molar-refractivity contribution < 1.29 is 18.8 Å². The average molecular weight is 429 g/mol. The Morgan fingerprint density at radius 3 is 2.39 bits per heavy atom. The maximum absolute atomic E-state index is 12.5. The highest BCUT2D eigenvalue weighted by molar-refractivity contribution is 6.62. The van der Waals surface area contributed by atoms with Gasteiger partial charge in [-0.2, -0.15) is 5.10 Å². The Bertz CT molecular complexity index is 917. The summed E-state index contributed by atoms with van der Waals surface area (Å²) in [5, 5.41) is 5.68. The fraction of sp³-hybridized carbons (Fsp3) is 0.652. The molecule has 1 saturated heterocycles. The minimum atomic E-state index is -0.507. The lowest BCUT2D eigenvalue weighted by molar-refractivity contribution is 0.00578. The third-order valence-corrected chi connectivity index (χ3v) is 5.85. The second-order valence-electron chi connectivity index (χ2n) is 10.3. The number of hydrogen-bond donors (Lipinski definition) is 0. The average Bonchev–Trinajstić information content (AvgIpc) is 3.13. The van der Waals surface area contributed by atoms with Crippen LogP contribution in [0.4, 0.5) is 4.79 Å². The first-order valence-electron chi connectivity index (χ1n) is 11.1. The van der Waals surface area contributed by atoms with E-state index in [4.69, 9.17) is 14.0 Å². The number of fused-ring (bicyclic) bond motifs is 1. The number of ether oxygens (including phenoxy) is 1. The first kappa shape index (κ1) is 23.6. The minimum Gasteiger partial charge on any atom is -0.444 e. The van der Waals surface area contributed by atoms with Crippen molar-refractivity contribution in [2.24, 2.45) is 0 Å². The molecule has 2 aromatic rings. The van der Waals surface area contributed by atoms with Gasteiger partial charge in [0.1, 0.15) is 5.60 Å². The van der Waals surface area contributed by atoms with E-state index in [1.165, 1.54) is 0 Å². The van der Waals surface area contributed by atoms with Gasteiger partial charge in [0, 0.05) is 24.7 Å². The zero-order valence-electron chi connectivity index (χ0n) is 20.2. The smallest absolute Gasteiger partial charge is 0.444 e. The van der Waals surface area contributed by atoms with Crippen LogP contribution in [-0.2, 0) is 20.6 Å². The topological polar surface area (TPSA) is 65.8 Å². The largest absolute Gasteiger partial charge is 0.494 e. The van der Waals surface area contributed by atoms with Gasteiger partial charge in [0.15, 0.2) is 0 Å². The molecular formula is C23H36BN3O4. The zero-order valence-corrected chi connectivity index (χ0v) is 20.2. The standard InChI is InChI=1S/C23H36BN3O4/c1-9-12-26(20(28)29-21(2,3)4)13-14-27-16-17-15-18(10-11-19(17)25-27)24-30-22(5,6)23(7,8)31-24/h10-11,15-16H,9,12-14H2,1-8H3. The van der Waals surface area contributed by atoms with E-state index in [0.717, 1.165) is 22.8 Å². The molecule has 8 heteroatoms. The number of rotatable bonds is 6. The second kappa shape index (κ2) is 8.47. The normalized spacial score (nSPS) is 17.9. The van der Waals surface area contributed by atoms with Crippen LogP contribution in [0.25, 0.3) is 10.9 Å². The molecule has 0 atom stereocenters. The Morgan fingerprint density at radius 2 is 1.81 bits per heavy atom. The fourth-order valence-corrected chi connectivity index (χ4v) is 3.45. The number of carbonyl (C=O) groups excluding carboxylic acids is 1. The molecule has 1 amide bonds. The summed E-state index contributed by atoms with van der Waals surface area (Å²) >= 11 is 0. The first-order chi connectivity index (χ1) is 14.3. The molecule has 0 aliphatic carbocycles. The molecule has 0 spiro atoms. The van der Waals surface area contributed by atoms with Gasteiger partial charge in [0.05, 0.1) is 23.3 Å². The number of amides is 1. The second-order valence-corrected chi connectivity index (χ2v) is 10.3. The van der Waals surface area contributed by atoms with Crippen LogP contribution in [-0.4, -0.2) is 57.8 Å². The van der Waals surface area contributed by atoms with E-state index in [1.807, 2.05) is 43.8 Å². The third-order valence-electron chi connectivity index (χ3n) is 5.85. The number of benzene rings is 1. The van der Waals surface area contributed by atoms with Gasteiger partial charge in [-0.05, 0) is 66.4 Å². The number of aromatic nitrogens is 2. The van der Waals surface area contributed by atoms with Crippen molar-refractivity contribution in [3.63, 3.8) is 0 Å². The molecule has 2 heterocycles. The van der Waals surface area contributed by atoms with Gasteiger partial charge < -0.3 is 18.9 Å². The van der Waals surface area contributed by atoms with E-state index in [0.29, 0.717) is 19.6 Å². The van der Waals surface area contributed by atoms with E-state index in [1.54, 1.807) is 4.90 Å². The molecule has 0 radical (unpaired) electrons. The van der Waals surface area contributed by atoms with Gasteiger partial charge in [-0.25, -0.2) is 4.79 Å². The molecule has 0 unspecified atom stereocenters. The highest BCUT2D eigenvalue weighted by Crippen LogP contribution is 2.36. The molecule has 170 valence electrons. The van der Waals surface area contributed by atoms with E-state index < -0.39 is 12.7 Å². The molecule has 7 nitrogen and oxygen atoms in total. The molecule has 1 aromatic heterocycles. The fourth-order valence-electron chi connectivity index (χ4n) is 3.45. The van der Waals surface area contributed by atoms with E-state index in [9.17, 15) is 4.79 Å². The van der Waals surface area contributed by atoms with Gasteiger partial charge in [-0.15, -0.1) is 0 Å². The summed E-state index contributed by atoms with van der Waals surface area (Å²) in [7, 11) is -0.398. The monoisotopic (exact) mass is 429 g/mol. The summed E-state index contributed by atoms with van der Waals surface area (Å²) in [5.74, 6) is 0. The molecule has 1 aliphatic heterocycles. The number of nitrogens with zero attached hydrogens (tertiary/aromatic N) is 3. The molecule has 1 aromatic carbocycles. The van der Waals surface area contributed by atoms with Crippen molar-refractivity contribution in [1.29, 1.82) is 0 Å². The van der Waals surface area contributed by atoms with Crippen LogP contribution in [0.2, 0.25) is 0 Å². The third kappa shape index (κ3) is 5.41. The van der Waals surface area contributed by atoms with Crippen LogP contribution in [0.15, 0.2) is 24.4 Å². The lowest BCUT2D eigenvalue weighted by atomic mass is 9.79. The van der Waals surface area contributed by atoms with Crippen molar-refractivity contribution in [2.45, 2.75) is 85.2 Å². The van der Waals surface area contributed by atoms with Crippen LogP contribution in [0, 0.1) is 0 Å². The summed E-state index contributed by atoms with van der Waals surface area (Å²) in [5.41, 5.74) is 0.627. The summed E-state index contributed by atoms with van der Waals surface area (Å²) in [4.78, 5) is 14.2. The van der Waals surface area contributed by atoms with Crippen LogP contribution < -0.4 is 5.46 Å². The summed E-state index contributed by atoms with van der Waals surface area (Å²) in [6.07, 6.45) is 2.59. The van der Waals surface area contributed by atoms with Crippen molar-refractivity contribution in [2.75, 3.05) is 13.1 Å². The van der Waals surface area contributed by atoms with Crippen molar-refractivity contribution >= 4 is 29.6 Å². The molecule has 0 saturated carbocycles. The van der Waals surface area contributed by atoms with Gasteiger partial charge in [0.25, 0.3) is 0 Å². The Labute approximate surface area is 186 Å². The molecule has 3 rings (SSSR count). The van der Waals surface area contributed by atoms with E-state index >= 15 is 0 Å². The van der Waals surface area contributed by atoms with Crippen LogP contribution >= 0.6 is 0 Å². The molecule has 1 fully saturated rings. The number of carbonyl (C=O) groups is 1. The van der Waals surface area contributed by atoms with Gasteiger partial charge in [-0.3, -0.25) is 4.68 Å². The van der Waals surface area contributed by atoms with E-state index in [-0.39, 0.29) is 17.3 Å². The van der Waals surface area contributed by atoms with Crippen LogP contribution in [0.3, 0.4) is 0 Å². The highest BCUT2D eigenvalue weighted by atomic mass is 16.7. The minimum absolute atomic E-state index is 0.283. The summed E-state index contributed by atoms with van der Waals surface area (Å²) < 4.78 is 19.8. The van der Waals surface area contributed by atoms with Crippen LogP contribution in [0.1, 0.15) is 61.8 Å². The van der Waals surface area contributed by atoms with Crippen molar-refractivity contribution in [1.82, 2.24) is 14.7 Å². The van der Waals surface area contributed by atoms with Crippen LogP contribution in [0.5, 0.6) is 0 Å². The molecule has 31 heavy (non-hydrogen) atoms. The Balaban J connectivity index is 1.71. The van der Waals surface area contributed by atoms with Crippen molar-refractivity contribution in [3.8, 4) is 0 Å². The van der Waals surface area contributed by atoms with Gasteiger partial charge in [0.2, 0.25) is 0 Å². The lowest BCUT2D eigenvalue weighted by Crippen LogP contribution is -2.41. The molecule has 0 bridgehead atoms.